The predicted octanol–water partition coefficient (Wildman–Crippen LogP) is 4.41. The van der Waals surface area contributed by atoms with Gasteiger partial charge >= 0.3 is 5.97 Å². The monoisotopic (exact) mass is 544 g/mol. The van der Waals surface area contributed by atoms with Gasteiger partial charge in [-0.3, -0.25) is 14.4 Å². The number of fused-ring (bicyclic) bond motifs is 2. The van der Waals surface area contributed by atoms with Gasteiger partial charge in [0.25, 0.3) is 5.91 Å². The van der Waals surface area contributed by atoms with E-state index in [0.29, 0.717) is 54.9 Å². The zero-order chi connectivity index (χ0) is 27.6. The number of carbonyl (C=O) groups is 3. The first-order valence-corrected chi connectivity index (χ1v) is 14.5. The number of hydrogen-bond acceptors (Lipinski definition) is 5. The second-order valence-electron chi connectivity index (χ2n) is 11.1. The van der Waals surface area contributed by atoms with Crippen LogP contribution in [0.5, 0.6) is 11.5 Å². The summed E-state index contributed by atoms with van der Waals surface area (Å²) in [4.78, 5) is 40.3. The number of carboxylic acid groups (broad SMARTS) is 1. The number of carbonyl (C=O) groups excluding carboxylic acids is 2. The van der Waals surface area contributed by atoms with Crippen molar-refractivity contribution in [1.29, 1.82) is 0 Å². The first-order chi connectivity index (χ1) is 18.1. The van der Waals surface area contributed by atoms with Crippen LogP contribution >= 0.6 is 9.24 Å². The van der Waals surface area contributed by atoms with Crippen LogP contribution in [0.2, 0.25) is 0 Å². The molecule has 1 unspecified atom stereocenters. The largest absolute Gasteiger partial charge is 0.496 e. The SMILES string of the molecule is C=C(CCP)NC(=O)[C@H]1[C@@H]2CC[C@@H](C2)[C@H]1N(C)C(=O)c1cc(OC2CCC(C(=O)O)CC2)c(C)cc1OC. The fourth-order valence-electron chi connectivity index (χ4n) is 6.74. The Kier molecular flexibility index (Phi) is 9.02. The van der Waals surface area contributed by atoms with Crippen molar-refractivity contribution >= 4 is 27.0 Å². The second kappa shape index (κ2) is 12.1. The molecule has 3 saturated carbocycles. The van der Waals surface area contributed by atoms with Gasteiger partial charge in [0.2, 0.25) is 5.91 Å². The van der Waals surface area contributed by atoms with Gasteiger partial charge in [-0.2, -0.15) is 0 Å². The summed E-state index contributed by atoms with van der Waals surface area (Å²) < 4.78 is 11.9. The first-order valence-electron chi connectivity index (χ1n) is 13.7. The van der Waals surface area contributed by atoms with Crippen molar-refractivity contribution in [2.24, 2.45) is 23.7 Å². The van der Waals surface area contributed by atoms with Crippen LogP contribution in [0.25, 0.3) is 0 Å². The summed E-state index contributed by atoms with van der Waals surface area (Å²) in [7, 11) is 5.98. The zero-order valence-electron chi connectivity index (χ0n) is 22.7. The summed E-state index contributed by atoms with van der Waals surface area (Å²) in [6, 6.07) is 3.38. The number of aryl methyl sites for hydroxylation is 1. The standard InChI is InChI=1S/C29H41N2O6P/c1-16-13-24(36-4)22(15-23(16)37-21-9-7-18(8-10-21)29(34)35)28(33)31(3)26-20-6-5-19(14-20)25(26)27(32)30-17(2)11-12-38/h13,15,18-21,25-26H,2,5-12,14,38H2,1,3-4H3,(H,30,32)(H,34,35)/t18?,19-,20+,21?,25+,26-/m1/s1. The Morgan fingerprint density at radius 1 is 1.11 bits per heavy atom. The van der Waals surface area contributed by atoms with E-state index < -0.39 is 5.97 Å². The molecule has 9 heteroatoms. The number of methoxy groups -OCH3 is 1. The molecule has 1 aromatic rings. The quantitative estimate of drug-likeness (QED) is 0.423. The Morgan fingerprint density at radius 3 is 2.42 bits per heavy atom. The van der Waals surface area contributed by atoms with Gasteiger partial charge in [0.05, 0.1) is 30.6 Å². The molecule has 0 aliphatic heterocycles. The van der Waals surface area contributed by atoms with Gasteiger partial charge in [-0.1, -0.05) is 6.58 Å². The molecule has 0 saturated heterocycles. The topological polar surface area (TPSA) is 105 Å². The number of allylic oxidation sites excluding steroid dienone is 1. The van der Waals surface area contributed by atoms with Crippen LogP contribution in [0.1, 0.15) is 67.3 Å². The first kappa shape index (κ1) is 28.4. The molecule has 5 atom stereocenters. The number of benzene rings is 1. The zero-order valence-corrected chi connectivity index (χ0v) is 23.9. The van der Waals surface area contributed by atoms with Crippen molar-refractivity contribution in [3.63, 3.8) is 0 Å². The highest BCUT2D eigenvalue weighted by molar-refractivity contribution is 7.16. The van der Waals surface area contributed by atoms with E-state index in [4.69, 9.17) is 9.47 Å². The molecule has 0 spiro atoms. The fourth-order valence-corrected chi connectivity index (χ4v) is 7.09. The van der Waals surface area contributed by atoms with E-state index in [1.807, 2.05) is 13.0 Å². The number of carboxylic acids is 1. The van der Waals surface area contributed by atoms with Crippen molar-refractivity contribution in [3.8, 4) is 11.5 Å². The average molecular weight is 545 g/mol. The number of rotatable bonds is 10. The smallest absolute Gasteiger partial charge is 0.306 e. The molecule has 4 rings (SSSR count). The van der Waals surface area contributed by atoms with Crippen LogP contribution in [0.3, 0.4) is 0 Å². The molecule has 1 aromatic carbocycles. The highest BCUT2D eigenvalue weighted by Gasteiger charge is 2.53. The number of hydrogen-bond donors (Lipinski definition) is 2. The van der Waals surface area contributed by atoms with Crippen LogP contribution in [-0.4, -0.2) is 60.3 Å². The number of nitrogens with zero attached hydrogens (tertiary/aromatic N) is 1. The van der Waals surface area contributed by atoms with Gasteiger partial charge in [0, 0.05) is 18.8 Å². The number of aliphatic carboxylic acids is 1. The lowest BCUT2D eigenvalue weighted by atomic mass is 9.82. The third-order valence-corrected chi connectivity index (χ3v) is 9.02. The lowest BCUT2D eigenvalue weighted by molar-refractivity contribution is -0.143. The minimum Gasteiger partial charge on any atom is -0.496 e. The van der Waals surface area contributed by atoms with Crippen molar-refractivity contribution in [2.75, 3.05) is 20.3 Å². The summed E-state index contributed by atoms with van der Waals surface area (Å²) in [5.74, 6) is 0.0727. The molecule has 3 fully saturated rings. The summed E-state index contributed by atoms with van der Waals surface area (Å²) in [5.41, 5.74) is 1.97. The van der Waals surface area contributed by atoms with Gasteiger partial charge in [-0.15, -0.1) is 9.24 Å². The average Bonchev–Trinajstić information content (AvgIpc) is 3.51. The summed E-state index contributed by atoms with van der Waals surface area (Å²) in [5, 5.41) is 12.3. The van der Waals surface area contributed by atoms with Crippen LogP contribution < -0.4 is 14.8 Å². The molecule has 208 valence electrons. The number of ether oxygens (including phenoxy) is 2. The summed E-state index contributed by atoms with van der Waals surface area (Å²) in [6.07, 6.45) is 6.91. The Morgan fingerprint density at radius 2 is 1.79 bits per heavy atom. The molecule has 8 nitrogen and oxygen atoms in total. The van der Waals surface area contributed by atoms with E-state index in [1.54, 1.807) is 25.1 Å². The van der Waals surface area contributed by atoms with Gasteiger partial charge in [-0.25, -0.2) is 0 Å². The molecular weight excluding hydrogens is 503 g/mol. The Balaban J connectivity index is 1.53. The van der Waals surface area contributed by atoms with Crippen molar-refractivity contribution < 1.29 is 29.0 Å². The highest BCUT2D eigenvalue weighted by Crippen LogP contribution is 2.51. The predicted molar refractivity (Wildman–Crippen MR) is 148 cm³/mol. The van der Waals surface area contributed by atoms with E-state index in [1.165, 1.54) is 0 Å². The van der Waals surface area contributed by atoms with Crippen molar-refractivity contribution in [1.82, 2.24) is 10.2 Å². The Labute approximate surface area is 227 Å². The van der Waals surface area contributed by atoms with Crippen LogP contribution in [0, 0.1) is 30.6 Å². The molecule has 2 N–H and O–H groups in total. The fraction of sp³-hybridized carbons (Fsp3) is 0.621. The Bertz CT molecular complexity index is 1080. The maximum atomic E-state index is 13.9. The maximum absolute atomic E-state index is 13.9. The van der Waals surface area contributed by atoms with Gasteiger partial charge in [0.1, 0.15) is 11.5 Å². The van der Waals surface area contributed by atoms with Crippen LogP contribution in [0.4, 0.5) is 0 Å². The number of amides is 2. The normalized spacial score (nSPS) is 28.0. The molecule has 0 radical (unpaired) electrons. The van der Waals surface area contributed by atoms with E-state index in [-0.39, 0.29) is 47.6 Å². The van der Waals surface area contributed by atoms with Crippen LogP contribution in [-0.2, 0) is 9.59 Å². The molecule has 0 heterocycles. The lowest BCUT2D eigenvalue weighted by Crippen LogP contribution is -2.50. The maximum Gasteiger partial charge on any atom is 0.306 e. The van der Waals surface area contributed by atoms with E-state index >= 15 is 0 Å². The van der Waals surface area contributed by atoms with Crippen molar-refractivity contribution in [3.05, 3.63) is 35.5 Å². The molecular formula is C29H41N2O6P. The second-order valence-corrected chi connectivity index (χ2v) is 11.7. The van der Waals surface area contributed by atoms with Crippen LogP contribution in [0.15, 0.2) is 24.4 Å². The van der Waals surface area contributed by atoms with Gasteiger partial charge < -0.3 is 24.8 Å². The third kappa shape index (κ3) is 5.85. The highest BCUT2D eigenvalue weighted by atomic mass is 31.0. The lowest BCUT2D eigenvalue weighted by Gasteiger charge is -2.37. The Hall–Kier alpha value is -2.60. The molecule has 3 aliphatic carbocycles. The van der Waals surface area contributed by atoms with E-state index in [2.05, 4.69) is 21.1 Å². The molecule has 3 aliphatic rings. The number of nitrogens with one attached hydrogen (secondary N) is 1. The van der Waals surface area contributed by atoms with E-state index in [0.717, 1.165) is 31.0 Å². The molecule has 0 aromatic heterocycles. The minimum atomic E-state index is -0.749. The molecule has 2 bridgehead atoms. The molecule has 38 heavy (non-hydrogen) atoms. The third-order valence-electron chi connectivity index (χ3n) is 8.73. The summed E-state index contributed by atoms with van der Waals surface area (Å²) >= 11 is 0. The molecule has 2 amide bonds. The minimum absolute atomic E-state index is 0.0397. The van der Waals surface area contributed by atoms with Crippen molar-refractivity contribution in [2.45, 2.75) is 70.4 Å². The van der Waals surface area contributed by atoms with Gasteiger partial charge in [-0.05, 0) is 94.0 Å². The van der Waals surface area contributed by atoms with Gasteiger partial charge in [0.15, 0.2) is 0 Å². The van der Waals surface area contributed by atoms with E-state index in [9.17, 15) is 19.5 Å². The summed E-state index contributed by atoms with van der Waals surface area (Å²) in [6.45, 7) is 5.90.